The number of alkyl halides is 2. The van der Waals surface area contributed by atoms with Crippen molar-refractivity contribution in [2.24, 2.45) is 5.92 Å². The number of piperazine rings is 1. The maximum Gasteiger partial charge on any atom is 0.350 e. The lowest BCUT2D eigenvalue weighted by atomic mass is 9.92. The Morgan fingerprint density at radius 3 is 1.79 bits per heavy atom. The van der Waals surface area contributed by atoms with Crippen LogP contribution in [-0.2, 0) is 28.4 Å². The highest BCUT2D eigenvalue weighted by Crippen LogP contribution is 2.45. The standard InChI is InChI=1S/C40H50F2N2O8/c1-47-32-20-28(21-33(48-2)36(32)51-5)17-11-16-27(15-10-14-26-12-8-7-9-13-26)24-43-25-30-18-19-31(38(43)45)44(30)39(46)40(41,42)29-22-34(49-3)37(52-6)35(23-29)50-4/h7-9,12-13,20-23,27,30-31H,10-11,14-19,24-25H2,1-6H3. The highest BCUT2D eigenvalue weighted by atomic mass is 19.3. The highest BCUT2D eigenvalue weighted by Gasteiger charge is 2.55. The first kappa shape index (κ1) is 38.5. The molecule has 10 nitrogen and oxygen atoms in total. The van der Waals surface area contributed by atoms with Gasteiger partial charge in [0.25, 0.3) is 5.91 Å². The summed E-state index contributed by atoms with van der Waals surface area (Å²) in [6, 6.07) is 14.9. The number of amides is 2. The molecule has 3 atom stereocenters. The lowest BCUT2D eigenvalue weighted by Crippen LogP contribution is -2.61. The Balaban J connectivity index is 1.30. The first-order valence-corrected chi connectivity index (χ1v) is 17.7. The van der Waals surface area contributed by atoms with Gasteiger partial charge < -0.3 is 38.2 Å². The third kappa shape index (κ3) is 8.16. The van der Waals surface area contributed by atoms with Crippen molar-refractivity contribution in [3.8, 4) is 34.5 Å². The summed E-state index contributed by atoms with van der Waals surface area (Å²) in [7, 11) is 8.77. The number of aryl methyl sites for hydroxylation is 2. The molecule has 2 heterocycles. The Hall–Kier alpha value is -4.74. The van der Waals surface area contributed by atoms with Crippen LogP contribution in [0.4, 0.5) is 8.78 Å². The first-order chi connectivity index (χ1) is 25.1. The number of likely N-dealkylation sites (tertiary alicyclic amines) is 1. The molecule has 2 bridgehead atoms. The van der Waals surface area contributed by atoms with Gasteiger partial charge in [0.15, 0.2) is 23.0 Å². The number of rotatable bonds is 18. The lowest BCUT2D eigenvalue weighted by Gasteiger charge is -2.42. The van der Waals surface area contributed by atoms with Gasteiger partial charge in [-0.3, -0.25) is 9.59 Å². The van der Waals surface area contributed by atoms with Crippen molar-refractivity contribution in [2.45, 2.75) is 69.4 Å². The Bertz CT molecular complexity index is 1640. The summed E-state index contributed by atoms with van der Waals surface area (Å²) in [6.07, 6.45) is 6.05. The molecule has 2 aliphatic rings. The summed E-state index contributed by atoms with van der Waals surface area (Å²) in [5, 5.41) is 0. The van der Waals surface area contributed by atoms with Crippen LogP contribution in [0, 0.1) is 5.92 Å². The third-order valence-electron chi connectivity index (χ3n) is 10.3. The van der Waals surface area contributed by atoms with Gasteiger partial charge in [0.1, 0.15) is 6.04 Å². The Morgan fingerprint density at radius 1 is 0.750 bits per heavy atom. The van der Waals surface area contributed by atoms with Crippen LogP contribution in [-0.4, -0.2) is 89.4 Å². The third-order valence-corrected chi connectivity index (χ3v) is 10.3. The SMILES string of the molecule is COc1cc(CCCC(CCCc2ccccc2)CN2CC3CCC(C2=O)N3C(=O)C(F)(F)c2cc(OC)c(OC)c(OC)c2)cc(OC)c1OC. The molecule has 0 radical (unpaired) electrons. The zero-order valence-corrected chi connectivity index (χ0v) is 30.9. The van der Waals surface area contributed by atoms with Gasteiger partial charge in [-0.05, 0) is 92.7 Å². The van der Waals surface area contributed by atoms with E-state index in [1.165, 1.54) is 26.9 Å². The number of hydrogen-bond acceptors (Lipinski definition) is 8. The van der Waals surface area contributed by atoms with Crippen LogP contribution in [0.5, 0.6) is 34.5 Å². The molecule has 5 rings (SSSR count). The monoisotopic (exact) mass is 724 g/mol. The van der Waals surface area contributed by atoms with Crippen molar-refractivity contribution in [3.63, 3.8) is 0 Å². The summed E-state index contributed by atoms with van der Waals surface area (Å²) in [5.74, 6) is -3.52. The molecule has 0 N–H and O–H groups in total. The number of benzene rings is 3. The molecule has 3 aromatic rings. The number of carbonyl (C=O) groups is 2. The second-order valence-electron chi connectivity index (χ2n) is 13.4. The van der Waals surface area contributed by atoms with Gasteiger partial charge in [-0.25, -0.2) is 0 Å². The lowest BCUT2D eigenvalue weighted by molar-refractivity contribution is -0.170. The predicted octanol–water partition coefficient (Wildman–Crippen LogP) is 6.69. The Morgan fingerprint density at radius 2 is 1.27 bits per heavy atom. The van der Waals surface area contributed by atoms with E-state index in [0.29, 0.717) is 36.6 Å². The van der Waals surface area contributed by atoms with Crippen LogP contribution in [0.15, 0.2) is 54.6 Å². The molecule has 3 unspecified atom stereocenters. The maximum absolute atomic E-state index is 16.0. The number of fused-ring (bicyclic) bond motifs is 2. The van der Waals surface area contributed by atoms with E-state index in [4.69, 9.17) is 28.4 Å². The minimum atomic E-state index is -3.93. The number of ether oxygens (including phenoxy) is 6. The minimum Gasteiger partial charge on any atom is -0.493 e. The van der Waals surface area contributed by atoms with Crippen LogP contribution < -0.4 is 28.4 Å². The summed E-state index contributed by atoms with van der Waals surface area (Å²) >= 11 is 0. The summed E-state index contributed by atoms with van der Waals surface area (Å²) in [5.41, 5.74) is 1.71. The molecule has 0 spiro atoms. The van der Waals surface area contributed by atoms with Crippen molar-refractivity contribution < 1.29 is 46.8 Å². The van der Waals surface area contributed by atoms with Crippen LogP contribution in [0.3, 0.4) is 0 Å². The average molecular weight is 725 g/mol. The van der Waals surface area contributed by atoms with Gasteiger partial charge in [0.05, 0.1) is 48.7 Å². The Labute approximate surface area is 304 Å². The van der Waals surface area contributed by atoms with E-state index in [-0.39, 0.29) is 35.6 Å². The normalized spacial score (nSPS) is 17.5. The van der Waals surface area contributed by atoms with E-state index in [2.05, 4.69) is 12.1 Å². The van der Waals surface area contributed by atoms with E-state index >= 15 is 8.78 Å². The van der Waals surface area contributed by atoms with Crippen LogP contribution in [0.2, 0.25) is 0 Å². The molecular weight excluding hydrogens is 674 g/mol. The van der Waals surface area contributed by atoms with Crippen molar-refractivity contribution in [1.29, 1.82) is 0 Å². The first-order valence-electron chi connectivity index (χ1n) is 17.7. The van der Waals surface area contributed by atoms with Gasteiger partial charge in [-0.2, -0.15) is 8.78 Å². The van der Waals surface area contributed by atoms with Crippen molar-refractivity contribution in [1.82, 2.24) is 9.80 Å². The Kier molecular flexibility index (Phi) is 12.7. The molecule has 282 valence electrons. The van der Waals surface area contributed by atoms with Gasteiger partial charge in [0.2, 0.25) is 17.4 Å². The number of halogens is 2. The van der Waals surface area contributed by atoms with Gasteiger partial charge >= 0.3 is 5.92 Å². The average Bonchev–Trinajstić information content (AvgIpc) is 3.51. The highest BCUT2D eigenvalue weighted by molar-refractivity contribution is 5.93. The number of hydrogen-bond donors (Lipinski definition) is 0. The van der Waals surface area contributed by atoms with Crippen molar-refractivity contribution in [3.05, 3.63) is 71.3 Å². The zero-order valence-electron chi connectivity index (χ0n) is 30.9. The minimum absolute atomic E-state index is 0.0109. The predicted molar refractivity (Wildman–Crippen MR) is 192 cm³/mol. The summed E-state index contributed by atoms with van der Waals surface area (Å²) in [6.45, 7) is 0.718. The zero-order chi connectivity index (χ0) is 37.4. The molecule has 2 fully saturated rings. The largest absolute Gasteiger partial charge is 0.493 e. The molecule has 0 saturated carbocycles. The topological polar surface area (TPSA) is 96.0 Å². The molecule has 3 aromatic carbocycles. The maximum atomic E-state index is 16.0. The molecule has 0 aliphatic carbocycles. The number of carbonyl (C=O) groups excluding carboxylic acids is 2. The van der Waals surface area contributed by atoms with Gasteiger partial charge in [-0.1, -0.05) is 30.3 Å². The number of methoxy groups -OCH3 is 6. The van der Waals surface area contributed by atoms with E-state index < -0.39 is 29.5 Å². The second kappa shape index (κ2) is 17.2. The fraction of sp³-hybridized carbons (Fsp3) is 0.500. The smallest absolute Gasteiger partial charge is 0.350 e. The molecule has 2 saturated heterocycles. The fourth-order valence-corrected chi connectivity index (χ4v) is 7.63. The van der Waals surface area contributed by atoms with Gasteiger partial charge in [0, 0.05) is 18.7 Å². The molecule has 52 heavy (non-hydrogen) atoms. The van der Waals surface area contributed by atoms with E-state index in [1.54, 1.807) is 26.2 Å². The van der Waals surface area contributed by atoms with Crippen LogP contribution >= 0.6 is 0 Å². The molecule has 2 aliphatic heterocycles. The summed E-state index contributed by atoms with van der Waals surface area (Å²) in [4.78, 5) is 30.5. The van der Waals surface area contributed by atoms with Crippen LogP contribution in [0.1, 0.15) is 55.2 Å². The van der Waals surface area contributed by atoms with E-state index in [0.717, 1.165) is 61.1 Å². The molecular formula is C40H50F2N2O8. The second-order valence-corrected chi connectivity index (χ2v) is 13.4. The molecule has 0 aromatic heterocycles. The van der Waals surface area contributed by atoms with Crippen molar-refractivity contribution >= 4 is 11.8 Å². The van der Waals surface area contributed by atoms with E-state index in [9.17, 15) is 9.59 Å². The van der Waals surface area contributed by atoms with E-state index in [1.807, 2.05) is 30.3 Å². The quantitative estimate of drug-likeness (QED) is 0.143. The molecule has 2 amide bonds. The van der Waals surface area contributed by atoms with Gasteiger partial charge in [-0.15, -0.1) is 0 Å². The van der Waals surface area contributed by atoms with Crippen LogP contribution in [0.25, 0.3) is 0 Å². The summed E-state index contributed by atoms with van der Waals surface area (Å²) < 4.78 is 64.4. The molecule has 12 heteroatoms. The fourth-order valence-electron chi connectivity index (χ4n) is 7.63. The van der Waals surface area contributed by atoms with Crippen molar-refractivity contribution in [2.75, 3.05) is 55.7 Å². The number of nitrogens with zero attached hydrogens (tertiary/aromatic N) is 2.